The lowest BCUT2D eigenvalue weighted by Crippen LogP contribution is -2.33. The first-order chi connectivity index (χ1) is 10.7. The number of amides is 1. The van der Waals surface area contributed by atoms with E-state index in [1.165, 1.54) is 0 Å². The first kappa shape index (κ1) is 16.2. The number of nitrogens with two attached hydrogens (primary N) is 1. The van der Waals surface area contributed by atoms with Crippen LogP contribution in [0.5, 0.6) is 0 Å². The minimum atomic E-state index is -0.499. The molecular formula is C18H22N2O2. The van der Waals surface area contributed by atoms with Gasteiger partial charge in [0.25, 0.3) is 0 Å². The second-order valence-corrected chi connectivity index (χ2v) is 5.03. The van der Waals surface area contributed by atoms with Crippen molar-refractivity contribution < 1.29 is 9.53 Å². The Labute approximate surface area is 131 Å². The van der Waals surface area contributed by atoms with E-state index in [1.807, 2.05) is 61.5 Å². The average molecular weight is 298 g/mol. The van der Waals surface area contributed by atoms with Crippen LogP contribution in [0.3, 0.4) is 0 Å². The number of primary amides is 1. The highest BCUT2D eigenvalue weighted by atomic mass is 16.5. The predicted molar refractivity (Wildman–Crippen MR) is 87.0 cm³/mol. The lowest BCUT2D eigenvalue weighted by molar-refractivity contribution is -0.120. The summed E-state index contributed by atoms with van der Waals surface area (Å²) in [4.78, 5) is 11.7. The van der Waals surface area contributed by atoms with E-state index in [4.69, 9.17) is 10.5 Å². The smallest absolute Gasteiger partial charge is 0.239 e. The van der Waals surface area contributed by atoms with Crippen LogP contribution < -0.4 is 11.1 Å². The molecule has 0 unspecified atom stereocenters. The largest absolute Gasteiger partial charge is 0.377 e. The fraction of sp³-hybridized carbons (Fsp3) is 0.278. The molecule has 0 aliphatic carbocycles. The molecular weight excluding hydrogens is 276 g/mol. The Hall–Kier alpha value is -2.17. The van der Waals surface area contributed by atoms with Crippen molar-refractivity contribution in [3.05, 3.63) is 71.3 Å². The second-order valence-electron chi connectivity index (χ2n) is 5.03. The van der Waals surface area contributed by atoms with E-state index in [0.717, 1.165) is 16.7 Å². The second kappa shape index (κ2) is 8.32. The van der Waals surface area contributed by atoms with E-state index in [0.29, 0.717) is 19.8 Å². The van der Waals surface area contributed by atoms with Crippen molar-refractivity contribution in [1.82, 2.24) is 5.32 Å². The number of carbonyl (C=O) groups is 1. The SMILES string of the molecule is CCOCc1ccccc1CN[C@H](C(N)=O)c1ccccc1. The van der Waals surface area contributed by atoms with Crippen molar-refractivity contribution in [2.75, 3.05) is 6.61 Å². The van der Waals surface area contributed by atoms with Gasteiger partial charge in [-0.1, -0.05) is 54.6 Å². The van der Waals surface area contributed by atoms with E-state index < -0.39 is 6.04 Å². The highest BCUT2D eigenvalue weighted by Gasteiger charge is 2.17. The van der Waals surface area contributed by atoms with Gasteiger partial charge in [-0.2, -0.15) is 0 Å². The molecule has 0 saturated heterocycles. The fourth-order valence-corrected chi connectivity index (χ4v) is 2.32. The Morgan fingerprint density at radius 1 is 1.09 bits per heavy atom. The molecule has 116 valence electrons. The maximum absolute atomic E-state index is 11.7. The third-order valence-corrected chi connectivity index (χ3v) is 3.49. The Balaban J connectivity index is 2.09. The van der Waals surface area contributed by atoms with E-state index in [1.54, 1.807) is 0 Å². The number of rotatable bonds is 8. The van der Waals surface area contributed by atoms with Crippen molar-refractivity contribution in [1.29, 1.82) is 0 Å². The molecule has 1 atom stereocenters. The summed E-state index contributed by atoms with van der Waals surface area (Å²) in [5.41, 5.74) is 8.63. The van der Waals surface area contributed by atoms with Crippen LogP contribution in [0.15, 0.2) is 54.6 Å². The van der Waals surface area contributed by atoms with E-state index in [9.17, 15) is 4.79 Å². The summed E-state index contributed by atoms with van der Waals surface area (Å²) in [6, 6.07) is 17.0. The van der Waals surface area contributed by atoms with Gasteiger partial charge >= 0.3 is 0 Å². The van der Waals surface area contributed by atoms with Crippen molar-refractivity contribution >= 4 is 5.91 Å². The van der Waals surface area contributed by atoms with Crippen LogP contribution >= 0.6 is 0 Å². The molecule has 2 aromatic rings. The summed E-state index contributed by atoms with van der Waals surface area (Å²) in [6.07, 6.45) is 0. The van der Waals surface area contributed by atoms with Crippen LogP contribution in [0.25, 0.3) is 0 Å². The van der Waals surface area contributed by atoms with Crippen LogP contribution in [0.1, 0.15) is 29.7 Å². The number of ether oxygens (including phenoxy) is 1. The summed E-state index contributed by atoms with van der Waals surface area (Å²) in [7, 11) is 0. The standard InChI is InChI=1S/C18H22N2O2/c1-2-22-13-16-11-7-6-10-15(16)12-20-17(18(19)21)14-8-4-3-5-9-14/h3-11,17,20H,2,12-13H2,1H3,(H2,19,21)/t17-/m0/s1. The first-order valence-corrected chi connectivity index (χ1v) is 7.44. The normalized spacial score (nSPS) is 12.0. The number of hydrogen-bond donors (Lipinski definition) is 2. The van der Waals surface area contributed by atoms with Gasteiger partial charge in [-0.15, -0.1) is 0 Å². The fourth-order valence-electron chi connectivity index (χ4n) is 2.32. The van der Waals surface area contributed by atoms with Gasteiger partial charge in [-0.3, -0.25) is 10.1 Å². The zero-order chi connectivity index (χ0) is 15.8. The van der Waals surface area contributed by atoms with Gasteiger partial charge in [-0.05, 0) is 23.6 Å². The summed E-state index contributed by atoms with van der Waals surface area (Å²) in [6.45, 7) is 3.78. The van der Waals surface area contributed by atoms with E-state index in [2.05, 4.69) is 5.32 Å². The summed E-state index contributed by atoms with van der Waals surface area (Å²) >= 11 is 0. The molecule has 0 aliphatic heterocycles. The molecule has 22 heavy (non-hydrogen) atoms. The average Bonchev–Trinajstić information content (AvgIpc) is 2.55. The Morgan fingerprint density at radius 2 is 1.73 bits per heavy atom. The van der Waals surface area contributed by atoms with E-state index in [-0.39, 0.29) is 5.91 Å². The molecule has 0 fully saturated rings. The van der Waals surface area contributed by atoms with Crippen LogP contribution in [0, 0.1) is 0 Å². The van der Waals surface area contributed by atoms with Gasteiger partial charge in [0.1, 0.15) is 6.04 Å². The molecule has 0 heterocycles. The topological polar surface area (TPSA) is 64.3 Å². The highest BCUT2D eigenvalue weighted by Crippen LogP contribution is 2.15. The molecule has 3 N–H and O–H groups in total. The van der Waals surface area contributed by atoms with E-state index >= 15 is 0 Å². The van der Waals surface area contributed by atoms with Gasteiger partial charge in [0.2, 0.25) is 5.91 Å². The van der Waals surface area contributed by atoms with Crippen LogP contribution in [0.2, 0.25) is 0 Å². The predicted octanol–water partition coefficient (Wildman–Crippen LogP) is 2.54. The minimum Gasteiger partial charge on any atom is -0.377 e. The maximum atomic E-state index is 11.7. The highest BCUT2D eigenvalue weighted by molar-refractivity contribution is 5.81. The first-order valence-electron chi connectivity index (χ1n) is 7.44. The molecule has 2 rings (SSSR count). The Morgan fingerprint density at radius 3 is 2.36 bits per heavy atom. The zero-order valence-corrected chi connectivity index (χ0v) is 12.8. The molecule has 1 amide bonds. The van der Waals surface area contributed by atoms with Crippen molar-refractivity contribution in [3.8, 4) is 0 Å². The molecule has 0 saturated carbocycles. The molecule has 0 aliphatic rings. The lowest BCUT2D eigenvalue weighted by Gasteiger charge is -2.17. The van der Waals surface area contributed by atoms with Crippen LogP contribution in [-0.2, 0) is 22.7 Å². The number of carbonyl (C=O) groups excluding carboxylic acids is 1. The van der Waals surface area contributed by atoms with Gasteiger partial charge < -0.3 is 10.5 Å². The summed E-state index contributed by atoms with van der Waals surface area (Å²) in [5.74, 6) is -0.381. The third kappa shape index (κ3) is 4.41. The van der Waals surface area contributed by atoms with Crippen molar-refractivity contribution in [2.45, 2.75) is 26.1 Å². The third-order valence-electron chi connectivity index (χ3n) is 3.49. The Kier molecular flexibility index (Phi) is 6.13. The van der Waals surface area contributed by atoms with Crippen LogP contribution in [0.4, 0.5) is 0 Å². The van der Waals surface area contributed by atoms with Crippen LogP contribution in [-0.4, -0.2) is 12.5 Å². The molecule has 0 radical (unpaired) electrons. The molecule has 0 aromatic heterocycles. The summed E-state index contributed by atoms with van der Waals surface area (Å²) in [5, 5.41) is 3.24. The molecule has 0 spiro atoms. The molecule has 0 bridgehead atoms. The molecule has 4 nitrogen and oxygen atoms in total. The molecule has 2 aromatic carbocycles. The Bertz CT molecular complexity index is 599. The zero-order valence-electron chi connectivity index (χ0n) is 12.8. The number of nitrogens with one attached hydrogen (secondary N) is 1. The summed E-state index contributed by atoms with van der Waals surface area (Å²) < 4.78 is 5.48. The van der Waals surface area contributed by atoms with Gasteiger partial charge in [0.05, 0.1) is 6.61 Å². The quantitative estimate of drug-likeness (QED) is 0.787. The number of hydrogen-bond acceptors (Lipinski definition) is 3. The van der Waals surface area contributed by atoms with Gasteiger partial charge in [0.15, 0.2) is 0 Å². The van der Waals surface area contributed by atoms with Gasteiger partial charge in [0, 0.05) is 13.2 Å². The van der Waals surface area contributed by atoms with Gasteiger partial charge in [-0.25, -0.2) is 0 Å². The number of benzene rings is 2. The lowest BCUT2D eigenvalue weighted by atomic mass is 10.0. The van der Waals surface area contributed by atoms with Crippen molar-refractivity contribution in [2.24, 2.45) is 5.73 Å². The monoisotopic (exact) mass is 298 g/mol. The maximum Gasteiger partial charge on any atom is 0.239 e. The minimum absolute atomic E-state index is 0.381. The van der Waals surface area contributed by atoms with Crippen molar-refractivity contribution in [3.63, 3.8) is 0 Å². The molecule has 4 heteroatoms.